The van der Waals surface area contributed by atoms with Gasteiger partial charge in [-0.05, 0) is 47.1 Å². The summed E-state index contributed by atoms with van der Waals surface area (Å²) in [5, 5.41) is 0. The Balaban J connectivity index is 2.48. The van der Waals surface area contributed by atoms with E-state index in [-0.39, 0.29) is 5.78 Å². The van der Waals surface area contributed by atoms with Crippen molar-refractivity contribution in [3.8, 4) is 5.88 Å². The molecule has 0 radical (unpaired) electrons. The first-order valence-electron chi connectivity index (χ1n) is 7.01. The highest BCUT2D eigenvalue weighted by Gasteiger charge is 2.52. The topological polar surface area (TPSA) is 57.6 Å². The van der Waals surface area contributed by atoms with Crippen molar-refractivity contribution in [2.45, 2.75) is 52.7 Å². The highest BCUT2D eigenvalue weighted by Crippen LogP contribution is 2.37. The monoisotopic (exact) mass is 291 g/mol. The third kappa shape index (κ3) is 2.58. The molecular weight excluding hydrogens is 269 g/mol. The number of carbonyl (C=O) groups is 1. The Morgan fingerprint density at radius 2 is 1.76 bits per heavy atom. The molecule has 0 unspecified atom stereocenters. The van der Waals surface area contributed by atoms with Gasteiger partial charge < -0.3 is 14.0 Å². The maximum Gasteiger partial charge on any atom is 0.496 e. The summed E-state index contributed by atoms with van der Waals surface area (Å²) in [5.74, 6) is 0.246. The Morgan fingerprint density at radius 1 is 1.24 bits per heavy atom. The van der Waals surface area contributed by atoms with Gasteiger partial charge in [0.15, 0.2) is 5.78 Å². The lowest BCUT2D eigenvalue weighted by Crippen LogP contribution is -2.41. The van der Waals surface area contributed by atoms with Crippen LogP contribution in [-0.2, 0) is 9.31 Å². The molecule has 0 aromatic carbocycles. The largest absolute Gasteiger partial charge is 0.496 e. The van der Waals surface area contributed by atoms with E-state index in [1.54, 1.807) is 6.20 Å². The standard InChI is InChI=1S/C15H22BNO4/c1-9-11(8-17-13(19-7)12(9)10(2)18)16-20-14(3,4)15(5,6)21-16/h8H,1-7H3. The molecule has 0 amide bonds. The molecule has 0 atom stereocenters. The molecule has 1 aromatic heterocycles. The van der Waals surface area contributed by atoms with E-state index in [2.05, 4.69) is 4.98 Å². The summed E-state index contributed by atoms with van der Waals surface area (Å²) in [5.41, 5.74) is 1.16. The zero-order valence-corrected chi connectivity index (χ0v) is 13.7. The number of methoxy groups -OCH3 is 1. The molecule has 0 N–H and O–H groups in total. The lowest BCUT2D eigenvalue weighted by Gasteiger charge is -2.32. The average molecular weight is 291 g/mol. The van der Waals surface area contributed by atoms with Gasteiger partial charge >= 0.3 is 7.12 Å². The molecule has 5 nitrogen and oxygen atoms in total. The van der Waals surface area contributed by atoms with Crippen molar-refractivity contribution in [2.75, 3.05) is 7.11 Å². The first-order valence-corrected chi connectivity index (χ1v) is 7.01. The number of nitrogens with zero attached hydrogens (tertiary/aromatic N) is 1. The second-order valence-electron chi connectivity index (χ2n) is 6.37. The zero-order valence-electron chi connectivity index (χ0n) is 13.7. The van der Waals surface area contributed by atoms with E-state index in [0.717, 1.165) is 11.0 Å². The molecular formula is C15H22BNO4. The van der Waals surface area contributed by atoms with Crippen LogP contribution in [0.2, 0.25) is 0 Å². The van der Waals surface area contributed by atoms with Crippen molar-refractivity contribution < 1.29 is 18.8 Å². The van der Waals surface area contributed by atoms with Crippen molar-refractivity contribution in [3.05, 3.63) is 17.3 Å². The van der Waals surface area contributed by atoms with E-state index in [1.165, 1.54) is 14.0 Å². The van der Waals surface area contributed by atoms with Crippen LogP contribution in [0.25, 0.3) is 0 Å². The van der Waals surface area contributed by atoms with Gasteiger partial charge in [-0.3, -0.25) is 4.79 Å². The second-order valence-corrected chi connectivity index (χ2v) is 6.37. The lowest BCUT2D eigenvalue weighted by molar-refractivity contribution is 0.00578. The molecule has 114 valence electrons. The molecule has 1 saturated heterocycles. The van der Waals surface area contributed by atoms with Crippen LogP contribution in [0.3, 0.4) is 0 Å². The van der Waals surface area contributed by atoms with Gasteiger partial charge in [0.2, 0.25) is 5.88 Å². The minimum Gasteiger partial charge on any atom is -0.480 e. The number of hydrogen-bond donors (Lipinski definition) is 0. The normalized spacial score (nSPS) is 19.7. The zero-order chi connectivity index (χ0) is 16.0. The molecule has 1 fully saturated rings. The smallest absolute Gasteiger partial charge is 0.480 e. The summed E-state index contributed by atoms with van der Waals surface area (Å²) in [6, 6.07) is 0. The Kier molecular flexibility index (Phi) is 3.89. The highest BCUT2D eigenvalue weighted by atomic mass is 16.7. The van der Waals surface area contributed by atoms with Gasteiger partial charge in [-0.25, -0.2) is 4.98 Å². The molecule has 2 heterocycles. The summed E-state index contributed by atoms with van der Waals surface area (Å²) in [6.45, 7) is 11.3. The first kappa shape index (κ1) is 16.0. The van der Waals surface area contributed by atoms with E-state index in [0.29, 0.717) is 11.4 Å². The van der Waals surface area contributed by atoms with Crippen molar-refractivity contribution in [2.24, 2.45) is 0 Å². The second kappa shape index (κ2) is 5.11. The van der Waals surface area contributed by atoms with Crippen LogP contribution in [0.5, 0.6) is 5.88 Å². The Labute approximate surface area is 126 Å². The fourth-order valence-electron chi connectivity index (χ4n) is 2.37. The molecule has 6 heteroatoms. The van der Waals surface area contributed by atoms with Crippen LogP contribution >= 0.6 is 0 Å². The summed E-state index contributed by atoms with van der Waals surface area (Å²) in [6.07, 6.45) is 1.66. The molecule has 1 aliphatic rings. The van der Waals surface area contributed by atoms with Crippen LogP contribution in [0, 0.1) is 6.92 Å². The molecule has 1 aliphatic heterocycles. The van der Waals surface area contributed by atoms with Gasteiger partial charge in [0.1, 0.15) is 0 Å². The van der Waals surface area contributed by atoms with Gasteiger partial charge in [-0.2, -0.15) is 0 Å². The summed E-state index contributed by atoms with van der Waals surface area (Å²) >= 11 is 0. The van der Waals surface area contributed by atoms with Crippen LogP contribution in [0.15, 0.2) is 6.20 Å². The van der Waals surface area contributed by atoms with Crippen molar-refractivity contribution in [1.29, 1.82) is 0 Å². The lowest BCUT2D eigenvalue weighted by atomic mass is 9.76. The van der Waals surface area contributed by atoms with E-state index >= 15 is 0 Å². The number of hydrogen-bond acceptors (Lipinski definition) is 5. The van der Waals surface area contributed by atoms with Crippen LogP contribution in [0.1, 0.15) is 50.5 Å². The van der Waals surface area contributed by atoms with Crippen molar-refractivity contribution in [3.63, 3.8) is 0 Å². The van der Waals surface area contributed by atoms with Gasteiger partial charge in [0.25, 0.3) is 0 Å². The van der Waals surface area contributed by atoms with E-state index in [4.69, 9.17) is 14.0 Å². The summed E-state index contributed by atoms with van der Waals surface area (Å²) in [4.78, 5) is 16.1. The molecule has 21 heavy (non-hydrogen) atoms. The van der Waals surface area contributed by atoms with Crippen LogP contribution in [0.4, 0.5) is 0 Å². The van der Waals surface area contributed by atoms with Gasteiger partial charge in [0, 0.05) is 11.7 Å². The maximum atomic E-state index is 11.9. The SMILES string of the molecule is COc1ncc(B2OC(C)(C)C(C)(C)O2)c(C)c1C(C)=O. The number of ketones is 1. The molecule has 0 spiro atoms. The van der Waals surface area contributed by atoms with Crippen molar-refractivity contribution in [1.82, 2.24) is 4.98 Å². The first-order chi connectivity index (χ1) is 9.60. The number of carbonyl (C=O) groups excluding carboxylic acids is 1. The number of rotatable bonds is 3. The minimum atomic E-state index is -0.536. The summed E-state index contributed by atoms with van der Waals surface area (Å²) in [7, 11) is 0.967. The molecule has 2 rings (SSSR count). The maximum absolute atomic E-state index is 11.9. The highest BCUT2D eigenvalue weighted by molar-refractivity contribution is 6.62. The van der Waals surface area contributed by atoms with Gasteiger partial charge in [0.05, 0.1) is 23.9 Å². The number of pyridine rings is 1. The van der Waals surface area contributed by atoms with Crippen molar-refractivity contribution >= 4 is 18.4 Å². The van der Waals surface area contributed by atoms with Crippen LogP contribution in [-0.4, -0.2) is 36.2 Å². The number of aromatic nitrogens is 1. The predicted octanol–water partition coefficient (Wildman–Crippen LogP) is 1.90. The Bertz CT molecular complexity index is 567. The molecule has 0 saturated carbocycles. The fourth-order valence-corrected chi connectivity index (χ4v) is 2.37. The van der Waals surface area contributed by atoms with Gasteiger partial charge in [-0.15, -0.1) is 0 Å². The summed E-state index contributed by atoms with van der Waals surface area (Å²) < 4.78 is 17.2. The molecule has 0 aliphatic carbocycles. The number of ether oxygens (including phenoxy) is 1. The average Bonchev–Trinajstić information content (AvgIpc) is 2.57. The molecule has 0 bridgehead atoms. The predicted molar refractivity (Wildman–Crippen MR) is 81.2 cm³/mol. The third-order valence-electron chi connectivity index (χ3n) is 4.40. The van der Waals surface area contributed by atoms with Crippen LogP contribution < -0.4 is 10.2 Å². The van der Waals surface area contributed by atoms with E-state index in [9.17, 15) is 4.79 Å². The Morgan fingerprint density at radius 3 is 2.19 bits per heavy atom. The Hall–Kier alpha value is -1.40. The molecule has 1 aromatic rings. The fraction of sp³-hybridized carbons (Fsp3) is 0.600. The van der Waals surface area contributed by atoms with E-state index in [1.807, 2.05) is 34.6 Å². The number of Topliss-reactive ketones (excluding diaryl/α,β-unsaturated/α-hetero) is 1. The van der Waals surface area contributed by atoms with E-state index < -0.39 is 18.3 Å². The minimum absolute atomic E-state index is 0.0878. The quantitative estimate of drug-likeness (QED) is 0.629. The third-order valence-corrected chi connectivity index (χ3v) is 4.40. The van der Waals surface area contributed by atoms with Gasteiger partial charge in [-0.1, -0.05) is 0 Å².